The number of fused-ring (bicyclic) bond motifs is 3. The first-order chi connectivity index (χ1) is 18.6. The summed E-state index contributed by atoms with van der Waals surface area (Å²) in [6.45, 7) is 0.0312. The molecule has 0 radical (unpaired) electrons. The van der Waals surface area contributed by atoms with Crippen molar-refractivity contribution in [3.05, 3.63) is 47.8 Å². The fraction of sp³-hybridized carbons (Fsp3) is 0.407. The molecular weight excluding hydrogens is 578 g/mol. The number of aromatic nitrogens is 2. The monoisotopic (exact) mass is 607 g/mol. The quantitative estimate of drug-likeness (QED) is 0.172. The van der Waals surface area contributed by atoms with Crippen LogP contribution in [0.5, 0.6) is 5.75 Å². The van der Waals surface area contributed by atoms with Gasteiger partial charge in [0.15, 0.2) is 0 Å². The van der Waals surface area contributed by atoms with Gasteiger partial charge in [0.25, 0.3) is 0 Å². The van der Waals surface area contributed by atoms with E-state index >= 15 is 0 Å². The third-order valence-electron chi connectivity index (χ3n) is 7.36. The first-order valence-electron chi connectivity index (χ1n) is 12.5. The standard InChI is InChI=1S/C27H28F3N5O3Se/c1-34-18-6-8-19(21(34)9-7-18)33-24-22-15-16(25(39-27(28,29)30)35(22)13-12-32-24)4-3-11-31-20-14-17(26(37)38-2)5-10-23(20)36/h5,10,12-15,18-19,21,31,36H,6-9,11H2,1-2H3,(H,32,33)/t18-,19-,21-/m1/s1. The Morgan fingerprint density at radius 3 is 2.82 bits per heavy atom. The molecule has 2 aromatic heterocycles. The fourth-order valence-corrected chi connectivity index (χ4v) is 6.94. The van der Waals surface area contributed by atoms with Crippen LogP contribution < -0.4 is 15.2 Å². The van der Waals surface area contributed by atoms with Crippen LogP contribution in [0.3, 0.4) is 0 Å². The van der Waals surface area contributed by atoms with E-state index in [0.717, 1.165) is 19.3 Å². The van der Waals surface area contributed by atoms with Gasteiger partial charge in [0.2, 0.25) is 0 Å². The number of phenols is 1. The normalized spacial score (nSPS) is 20.9. The average Bonchev–Trinajstić information content (AvgIpc) is 3.35. The molecule has 0 unspecified atom stereocenters. The number of piperidine rings is 1. The summed E-state index contributed by atoms with van der Waals surface area (Å²) < 4.78 is 47.1. The van der Waals surface area contributed by atoms with Crippen LogP contribution in [-0.4, -0.2) is 84.2 Å². The number of methoxy groups -OCH3 is 1. The Labute approximate surface area is 230 Å². The Balaban J connectivity index is 1.41. The number of hydrogen-bond donors (Lipinski definition) is 3. The third kappa shape index (κ3) is 5.81. The van der Waals surface area contributed by atoms with Crippen LogP contribution in [0.2, 0.25) is 0 Å². The molecule has 5 rings (SSSR count). The van der Waals surface area contributed by atoms with Gasteiger partial charge < -0.3 is 0 Å². The molecule has 2 aliphatic rings. The molecule has 2 saturated heterocycles. The van der Waals surface area contributed by atoms with Crippen molar-refractivity contribution in [2.24, 2.45) is 0 Å². The first kappa shape index (κ1) is 27.2. The van der Waals surface area contributed by atoms with Crippen LogP contribution >= 0.6 is 0 Å². The molecule has 2 bridgehead atoms. The first-order valence-corrected chi connectivity index (χ1v) is 14.2. The van der Waals surface area contributed by atoms with Gasteiger partial charge in [-0.3, -0.25) is 0 Å². The van der Waals surface area contributed by atoms with Gasteiger partial charge in [0.1, 0.15) is 0 Å². The van der Waals surface area contributed by atoms with Crippen molar-refractivity contribution >= 4 is 42.5 Å². The van der Waals surface area contributed by atoms with Gasteiger partial charge >= 0.3 is 230 Å². The molecule has 2 aliphatic heterocycles. The summed E-state index contributed by atoms with van der Waals surface area (Å²) in [5.74, 6) is 5.62. The molecule has 0 saturated carbocycles. The van der Waals surface area contributed by atoms with Gasteiger partial charge in [-0.15, -0.1) is 0 Å². The number of hydrogen-bond acceptors (Lipinski definition) is 7. The van der Waals surface area contributed by atoms with E-state index in [4.69, 9.17) is 4.74 Å². The van der Waals surface area contributed by atoms with E-state index in [1.807, 2.05) is 0 Å². The van der Waals surface area contributed by atoms with E-state index in [-0.39, 0.29) is 39.7 Å². The molecule has 0 amide bonds. The van der Waals surface area contributed by atoms with E-state index in [0.29, 0.717) is 23.4 Å². The predicted octanol–water partition coefficient (Wildman–Crippen LogP) is 3.18. The number of esters is 1. The number of likely N-dealkylation sites (N-methyl/N-ethyl adjacent to an activating group) is 1. The molecule has 0 aliphatic carbocycles. The third-order valence-corrected chi connectivity index (χ3v) is 9.13. The second-order valence-corrected chi connectivity index (χ2v) is 11.8. The van der Waals surface area contributed by atoms with E-state index in [9.17, 15) is 23.1 Å². The zero-order valence-electron chi connectivity index (χ0n) is 21.4. The summed E-state index contributed by atoms with van der Waals surface area (Å²) in [6.07, 6.45) is 7.39. The maximum absolute atomic E-state index is 13.6. The molecule has 3 N–H and O–H groups in total. The van der Waals surface area contributed by atoms with Crippen molar-refractivity contribution in [2.45, 2.75) is 48.9 Å². The van der Waals surface area contributed by atoms with Crippen molar-refractivity contribution in [2.75, 3.05) is 31.3 Å². The number of aromatic hydroxyl groups is 1. The number of ether oxygens (including phenoxy) is 1. The van der Waals surface area contributed by atoms with Gasteiger partial charge in [0, 0.05) is 0 Å². The van der Waals surface area contributed by atoms with Crippen molar-refractivity contribution in [1.29, 1.82) is 0 Å². The predicted molar refractivity (Wildman–Crippen MR) is 143 cm³/mol. The molecule has 1 aromatic carbocycles. The number of phenolic OH excluding ortho intramolecular Hbond substituents is 1. The van der Waals surface area contributed by atoms with Crippen LogP contribution in [0.15, 0.2) is 36.7 Å². The van der Waals surface area contributed by atoms with E-state index in [1.165, 1.54) is 42.3 Å². The number of alkyl halides is 3. The number of rotatable bonds is 6. The Morgan fingerprint density at radius 2 is 2.05 bits per heavy atom. The number of carbonyl (C=O) groups is 1. The summed E-state index contributed by atoms with van der Waals surface area (Å²) in [7, 11) is 3.39. The van der Waals surface area contributed by atoms with Crippen LogP contribution in [-0.2, 0) is 4.74 Å². The van der Waals surface area contributed by atoms with Crippen LogP contribution in [0.1, 0.15) is 41.6 Å². The topological polar surface area (TPSA) is 91.1 Å². The molecule has 3 atom stereocenters. The Morgan fingerprint density at radius 1 is 1.26 bits per heavy atom. The van der Waals surface area contributed by atoms with Crippen LogP contribution in [0.25, 0.3) is 5.52 Å². The number of carbonyl (C=O) groups excluding carboxylic acids is 1. The zero-order valence-corrected chi connectivity index (χ0v) is 23.1. The minimum absolute atomic E-state index is 0.0312. The number of nitrogens with zero attached hydrogens (tertiary/aromatic N) is 3. The minimum atomic E-state index is -4.36. The molecule has 206 valence electrons. The molecule has 4 heterocycles. The summed E-state index contributed by atoms with van der Waals surface area (Å²) in [5, 5.41) is 12.2. The van der Waals surface area contributed by atoms with Crippen molar-refractivity contribution in [1.82, 2.24) is 14.3 Å². The summed E-state index contributed by atoms with van der Waals surface area (Å²) in [6, 6.07) is 7.00. The molecule has 8 nitrogen and oxygen atoms in total. The number of halogens is 3. The second-order valence-electron chi connectivity index (χ2n) is 9.61. The molecular formula is C27H28F3N5O3Se. The molecule has 12 heteroatoms. The van der Waals surface area contributed by atoms with Gasteiger partial charge in [-0.2, -0.15) is 0 Å². The van der Waals surface area contributed by atoms with Gasteiger partial charge in [-0.25, -0.2) is 0 Å². The van der Waals surface area contributed by atoms with Crippen molar-refractivity contribution in [3.63, 3.8) is 0 Å². The summed E-state index contributed by atoms with van der Waals surface area (Å²) in [4.78, 5) is 18.7. The molecule has 0 spiro atoms. The van der Waals surface area contributed by atoms with E-state index < -0.39 is 26.0 Å². The molecule has 39 heavy (non-hydrogen) atoms. The SMILES string of the molecule is COC(=O)c1ccc(O)c(NCC#Cc2cc3c(N[C@@H]4CC[C@@H]5CC[C@H]4N5C)nccn3c2[Se]C(F)(F)F)c1. The van der Waals surface area contributed by atoms with Crippen molar-refractivity contribution < 1.29 is 27.8 Å². The van der Waals surface area contributed by atoms with Crippen LogP contribution in [0.4, 0.5) is 24.7 Å². The van der Waals surface area contributed by atoms with Gasteiger partial charge in [-0.1, -0.05) is 0 Å². The number of anilines is 2. The van der Waals surface area contributed by atoms with Crippen molar-refractivity contribution in [3.8, 4) is 17.6 Å². The molecule has 3 aromatic rings. The average molecular weight is 607 g/mol. The fourth-order valence-electron chi connectivity index (χ4n) is 5.48. The maximum atomic E-state index is 13.6. The summed E-state index contributed by atoms with van der Waals surface area (Å²) in [5.41, 5.74) is 1.34. The zero-order chi connectivity index (χ0) is 27.7. The number of nitrogens with one attached hydrogen (secondary N) is 2. The second kappa shape index (κ2) is 11.0. The van der Waals surface area contributed by atoms with Crippen LogP contribution in [0, 0.1) is 11.8 Å². The summed E-state index contributed by atoms with van der Waals surface area (Å²) >= 11 is -1.83. The Hall–Kier alpha value is -3.39. The van der Waals surface area contributed by atoms with Gasteiger partial charge in [-0.05, 0) is 0 Å². The molecule has 2 fully saturated rings. The number of benzene rings is 1. The van der Waals surface area contributed by atoms with Gasteiger partial charge in [0.05, 0.1) is 0 Å². The Bertz CT molecular complexity index is 1450. The van der Waals surface area contributed by atoms with E-state index in [1.54, 1.807) is 12.3 Å². The van der Waals surface area contributed by atoms with E-state index in [2.05, 4.69) is 39.4 Å². The Kier molecular flexibility index (Phi) is 7.67.